The topological polar surface area (TPSA) is 152 Å². The van der Waals surface area contributed by atoms with E-state index in [2.05, 4.69) is 83.6 Å². The van der Waals surface area contributed by atoms with E-state index in [4.69, 9.17) is 15.0 Å². The molecule has 5 N–H and O–H groups in total. The van der Waals surface area contributed by atoms with Gasteiger partial charge in [0, 0.05) is 62.6 Å². The molecule has 8 bridgehead atoms. The van der Waals surface area contributed by atoms with E-state index in [9.17, 15) is 9.59 Å². The summed E-state index contributed by atoms with van der Waals surface area (Å²) >= 11 is 0. The number of fused-ring (bicyclic) bond motifs is 8. The van der Waals surface area contributed by atoms with E-state index in [-0.39, 0.29) is 24.8 Å². The van der Waals surface area contributed by atoms with E-state index in [0.717, 1.165) is 96.0 Å². The van der Waals surface area contributed by atoms with Crippen molar-refractivity contribution < 1.29 is 19.1 Å². The van der Waals surface area contributed by atoms with Gasteiger partial charge in [-0.2, -0.15) is 5.11 Å². The van der Waals surface area contributed by atoms with Crippen molar-refractivity contribution in [2.75, 3.05) is 20.8 Å². The zero-order valence-corrected chi connectivity index (χ0v) is 28.1. The van der Waals surface area contributed by atoms with Crippen molar-refractivity contribution in [2.24, 2.45) is 5.11 Å². The lowest BCUT2D eigenvalue weighted by Gasteiger charge is -2.03. The van der Waals surface area contributed by atoms with Crippen LogP contribution in [-0.4, -0.2) is 52.6 Å². The number of carbonyl (C=O) groups is 2. The zero-order chi connectivity index (χ0) is 33.8. The highest BCUT2D eigenvalue weighted by atomic mass is 16.5. The van der Waals surface area contributed by atoms with Gasteiger partial charge in [0.2, 0.25) is 0 Å². The smallest absolute Gasteiger partial charge is 0.305 e. The van der Waals surface area contributed by atoms with Gasteiger partial charge in [-0.3, -0.25) is 9.59 Å². The summed E-state index contributed by atoms with van der Waals surface area (Å²) in [4.78, 5) is 39.0. The van der Waals surface area contributed by atoms with Crippen LogP contribution in [0.5, 0.6) is 0 Å². The van der Waals surface area contributed by atoms with Gasteiger partial charge in [0.05, 0.1) is 20.8 Å². The zero-order valence-electron chi connectivity index (χ0n) is 28.1. The number of hydrogen-bond acceptors (Lipinski definition) is 6. The Labute approximate surface area is 273 Å². The van der Waals surface area contributed by atoms with Crippen LogP contribution in [0.1, 0.15) is 86.5 Å². The summed E-state index contributed by atoms with van der Waals surface area (Å²) in [5, 5.41) is 7.37. The molecule has 10 nitrogen and oxygen atoms in total. The molecular weight excluding hydrogens is 592 g/mol. The molecular formula is C37H44N6O4. The summed E-state index contributed by atoms with van der Waals surface area (Å²) in [5.41, 5.74) is 19.6. The van der Waals surface area contributed by atoms with Gasteiger partial charge >= 0.3 is 11.9 Å². The molecule has 0 amide bonds. The maximum Gasteiger partial charge on any atom is 0.305 e. The van der Waals surface area contributed by atoms with E-state index < -0.39 is 0 Å². The molecule has 0 aromatic carbocycles. The van der Waals surface area contributed by atoms with E-state index in [1.165, 1.54) is 19.8 Å². The Morgan fingerprint density at radius 1 is 0.681 bits per heavy atom. The van der Waals surface area contributed by atoms with Crippen molar-refractivity contribution in [2.45, 2.75) is 66.2 Å². The van der Waals surface area contributed by atoms with Crippen LogP contribution >= 0.6 is 0 Å². The lowest BCUT2D eigenvalue weighted by molar-refractivity contribution is -0.141. The van der Waals surface area contributed by atoms with E-state index in [0.29, 0.717) is 19.4 Å². The normalized spacial score (nSPS) is 12.0. The Morgan fingerprint density at radius 2 is 1.17 bits per heavy atom. The van der Waals surface area contributed by atoms with E-state index >= 15 is 0 Å². The van der Waals surface area contributed by atoms with Crippen LogP contribution < -0.4 is 21.4 Å². The van der Waals surface area contributed by atoms with Gasteiger partial charge in [-0.05, 0) is 117 Å². The number of nitrogens with zero attached hydrogens (tertiary/aromatic N) is 1. The minimum Gasteiger partial charge on any atom is -0.469 e. The first-order valence-electron chi connectivity index (χ1n) is 15.9. The predicted molar refractivity (Wildman–Crippen MR) is 184 cm³/mol. The van der Waals surface area contributed by atoms with Crippen molar-refractivity contribution in [1.29, 1.82) is 5.53 Å². The Morgan fingerprint density at radius 3 is 1.74 bits per heavy atom. The molecule has 4 aromatic rings. The van der Waals surface area contributed by atoms with Crippen LogP contribution in [0.4, 0.5) is 0 Å². The third-order valence-corrected chi connectivity index (χ3v) is 9.39. The number of esters is 2. The second-order valence-corrected chi connectivity index (χ2v) is 12.1. The monoisotopic (exact) mass is 636 g/mol. The van der Waals surface area contributed by atoms with Gasteiger partial charge < -0.3 is 29.4 Å². The highest BCUT2D eigenvalue weighted by Gasteiger charge is 2.18. The molecule has 1 aliphatic rings. The standard InChI is InChI=1S/C37H44N6O4/c1-8-24-20(2)30-18-33-25(10-9-15-39-38)21(3)28(41-33)16-29-22(4)26(11-13-36(44)46-6)34(42-29)19-35-27(12-14-37(45)47-7)23(5)31(43-35)17-32(24)40-30/h8,16-19,38,40-43H,1,9-15H2,2-7H3. The number of aromatic amines is 4. The number of methoxy groups -OCH3 is 2. The molecule has 0 radical (unpaired) electrons. The van der Waals surface area contributed by atoms with Gasteiger partial charge in [0.25, 0.3) is 0 Å². The first-order valence-corrected chi connectivity index (χ1v) is 15.9. The number of H-pyrrole nitrogens is 4. The van der Waals surface area contributed by atoms with Crippen LogP contribution in [0.3, 0.4) is 0 Å². The fourth-order valence-corrected chi connectivity index (χ4v) is 6.55. The van der Waals surface area contributed by atoms with Crippen molar-refractivity contribution in [3.63, 3.8) is 0 Å². The highest BCUT2D eigenvalue weighted by molar-refractivity contribution is 5.73. The average molecular weight is 637 g/mol. The average Bonchev–Trinajstić information content (AvgIpc) is 3.72. The summed E-state index contributed by atoms with van der Waals surface area (Å²) in [6.07, 6.45) is 13.4. The van der Waals surface area contributed by atoms with E-state index in [1.54, 1.807) is 0 Å². The molecule has 0 aliphatic carbocycles. The number of aromatic nitrogens is 4. The molecule has 246 valence electrons. The van der Waals surface area contributed by atoms with Crippen molar-refractivity contribution in [1.82, 2.24) is 19.9 Å². The van der Waals surface area contributed by atoms with Gasteiger partial charge in [-0.1, -0.05) is 12.7 Å². The summed E-state index contributed by atoms with van der Waals surface area (Å²) in [7, 11) is 2.81. The fraction of sp³-hybridized carbons (Fsp3) is 0.351. The molecule has 5 rings (SSSR count). The summed E-state index contributed by atoms with van der Waals surface area (Å²) in [6, 6.07) is 0. The second-order valence-electron chi connectivity index (χ2n) is 12.1. The fourth-order valence-electron chi connectivity index (χ4n) is 6.55. The Balaban J connectivity index is 1.86. The molecule has 1 aliphatic heterocycles. The molecule has 0 saturated carbocycles. The SMILES string of the molecule is C=Cc1c2[nH]c(c1C)C=c1[nH]c(c(C)c1CCCN=N)=Cc1[nH]c(c(CCC(=O)OC)c1C)C=c1[nH]c(c(C)c1CCC(=O)OC)=C2. The lowest BCUT2D eigenvalue weighted by Crippen LogP contribution is -2.14. The van der Waals surface area contributed by atoms with Gasteiger partial charge in [0.1, 0.15) is 0 Å². The van der Waals surface area contributed by atoms with Crippen LogP contribution in [0.2, 0.25) is 0 Å². The summed E-state index contributed by atoms with van der Waals surface area (Å²) in [5.74, 6) is -0.537. The van der Waals surface area contributed by atoms with Gasteiger partial charge in [0.15, 0.2) is 0 Å². The Hall–Kier alpha value is -5.12. The molecule has 0 unspecified atom stereocenters. The summed E-state index contributed by atoms with van der Waals surface area (Å²) in [6.45, 7) is 12.9. The molecule has 47 heavy (non-hydrogen) atoms. The third kappa shape index (κ3) is 6.72. The first-order chi connectivity index (χ1) is 22.6. The maximum atomic E-state index is 12.2. The largest absolute Gasteiger partial charge is 0.469 e. The number of rotatable bonds is 11. The highest BCUT2D eigenvalue weighted by Crippen LogP contribution is 2.24. The maximum absolute atomic E-state index is 12.2. The number of ether oxygens (including phenoxy) is 2. The van der Waals surface area contributed by atoms with Crippen molar-refractivity contribution in [3.8, 4) is 0 Å². The van der Waals surface area contributed by atoms with Crippen molar-refractivity contribution in [3.05, 3.63) is 95.3 Å². The molecule has 0 spiro atoms. The Kier molecular flexibility index (Phi) is 9.98. The number of carbonyl (C=O) groups excluding carboxylic acids is 2. The van der Waals surface area contributed by atoms with Gasteiger partial charge in [-0.25, -0.2) is 5.53 Å². The summed E-state index contributed by atoms with van der Waals surface area (Å²) < 4.78 is 9.94. The molecule has 4 aromatic heterocycles. The van der Waals surface area contributed by atoms with E-state index in [1.807, 2.05) is 6.08 Å². The minimum absolute atomic E-state index is 0.248. The lowest BCUT2D eigenvalue weighted by atomic mass is 10.0. The molecule has 10 heteroatoms. The van der Waals surface area contributed by atoms with Crippen molar-refractivity contribution >= 4 is 42.3 Å². The molecule has 0 saturated heterocycles. The predicted octanol–water partition coefficient (Wildman–Crippen LogP) is 3.68. The minimum atomic E-state index is -0.269. The quantitative estimate of drug-likeness (QED) is 0.0854. The number of hydrogen-bond donors (Lipinski definition) is 5. The van der Waals surface area contributed by atoms with Crippen LogP contribution in [0.25, 0.3) is 30.4 Å². The molecule has 5 heterocycles. The van der Waals surface area contributed by atoms with Crippen LogP contribution in [0.15, 0.2) is 11.7 Å². The molecule has 0 fully saturated rings. The number of nitrogens with one attached hydrogen (secondary N) is 5. The second kappa shape index (κ2) is 14.1. The van der Waals surface area contributed by atoms with Crippen LogP contribution in [-0.2, 0) is 38.3 Å². The Bertz CT molecular complexity index is 2120. The van der Waals surface area contributed by atoms with Crippen LogP contribution in [0, 0.1) is 33.2 Å². The first kappa shape index (κ1) is 33.2. The molecule has 0 atom stereocenters. The van der Waals surface area contributed by atoms with Gasteiger partial charge in [-0.15, -0.1) is 0 Å². The third-order valence-electron chi connectivity index (χ3n) is 9.39.